The van der Waals surface area contributed by atoms with E-state index in [4.69, 9.17) is 4.74 Å². The van der Waals surface area contributed by atoms with E-state index in [9.17, 15) is 19.8 Å². The number of esters is 1. The summed E-state index contributed by atoms with van der Waals surface area (Å²) in [6.45, 7) is 4.92. The molecule has 6 heteroatoms. The molecular formula is C59H111NO5. The zero-order valence-corrected chi connectivity index (χ0v) is 43.5. The van der Waals surface area contributed by atoms with E-state index in [2.05, 4.69) is 55.6 Å². The number of hydrogen-bond donors (Lipinski definition) is 3. The van der Waals surface area contributed by atoms with Crippen molar-refractivity contribution in [1.29, 1.82) is 0 Å². The molecule has 65 heavy (non-hydrogen) atoms. The molecule has 3 N–H and O–H groups in total. The van der Waals surface area contributed by atoms with E-state index in [1.165, 1.54) is 212 Å². The van der Waals surface area contributed by atoms with Crippen molar-refractivity contribution in [1.82, 2.24) is 5.32 Å². The third kappa shape index (κ3) is 51.3. The highest BCUT2D eigenvalue weighted by Gasteiger charge is 2.20. The van der Waals surface area contributed by atoms with Gasteiger partial charge in [-0.15, -0.1) is 0 Å². The molecule has 2 unspecified atom stereocenters. The number of nitrogens with one attached hydrogen (secondary N) is 1. The number of aliphatic hydroxyl groups is 2. The lowest BCUT2D eigenvalue weighted by atomic mass is 10.0. The Hall–Kier alpha value is -1.92. The summed E-state index contributed by atoms with van der Waals surface area (Å²) in [4.78, 5) is 24.5. The third-order valence-electron chi connectivity index (χ3n) is 13.2. The van der Waals surface area contributed by atoms with Gasteiger partial charge in [-0.25, -0.2) is 0 Å². The fraction of sp³-hybridized carbons (Fsp3) is 0.864. The smallest absolute Gasteiger partial charge is 0.305 e. The van der Waals surface area contributed by atoms with E-state index in [0.29, 0.717) is 25.9 Å². The molecule has 1 amide bonds. The van der Waals surface area contributed by atoms with Crippen molar-refractivity contribution in [3.8, 4) is 0 Å². The lowest BCUT2D eigenvalue weighted by molar-refractivity contribution is -0.143. The molecule has 0 bridgehead atoms. The van der Waals surface area contributed by atoms with Crippen molar-refractivity contribution in [2.75, 3.05) is 13.2 Å². The molecule has 382 valence electrons. The Morgan fingerprint density at radius 3 is 1.20 bits per heavy atom. The monoisotopic (exact) mass is 914 g/mol. The van der Waals surface area contributed by atoms with Gasteiger partial charge in [0.05, 0.1) is 25.4 Å². The number of hydrogen-bond acceptors (Lipinski definition) is 5. The molecule has 0 rings (SSSR count). The fourth-order valence-electron chi connectivity index (χ4n) is 8.72. The van der Waals surface area contributed by atoms with Crippen molar-refractivity contribution in [2.24, 2.45) is 0 Å². The van der Waals surface area contributed by atoms with Gasteiger partial charge in [-0.05, 0) is 83.5 Å². The maximum atomic E-state index is 12.5. The molecule has 2 atom stereocenters. The molecule has 0 saturated carbocycles. The summed E-state index contributed by atoms with van der Waals surface area (Å²) in [5.74, 6) is -0.0548. The summed E-state index contributed by atoms with van der Waals surface area (Å²) < 4.78 is 5.47. The first-order valence-corrected chi connectivity index (χ1v) is 28.7. The molecular weight excluding hydrogens is 803 g/mol. The lowest BCUT2D eigenvalue weighted by Crippen LogP contribution is -2.45. The maximum Gasteiger partial charge on any atom is 0.305 e. The van der Waals surface area contributed by atoms with Gasteiger partial charge in [0.2, 0.25) is 5.91 Å². The molecule has 0 spiro atoms. The highest BCUT2D eigenvalue weighted by Crippen LogP contribution is 2.16. The Bertz CT molecular complexity index is 1060. The largest absolute Gasteiger partial charge is 0.466 e. The molecule has 0 radical (unpaired) electrons. The van der Waals surface area contributed by atoms with Crippen LogP contribution in [0.3, 0.4) is 0 Å². The highest BCUT2D eigenvalue weighted by molar-refractivity contribution is 5.76. The first kappa shape index (κ1) is 63.1. The van der Waals surface area contributed by atoms with Crippen LogP contribution in [-0.2, 0) is 14.3 Å². The summed E-state index contributed by atoms with van der Waals surface area (Å²) in [5, 5.41) is 23.2. The van der Waals surface area contributed by atoms with Crippen molar-refractivity contribution in [3.63, 3.8) is 0 Å². The molecule has 0 aliphatic heterocycles. The molecule has 6 nitrogen and oxygen atoms in total. The molecule has 0 heterocycles. The molecule has 0 aliphatic carbocycles. The van der Waals surface area contributed by atoms with Crippen molar-refractivity contribution in [3.05, 3.63) is 36.5 Å². The first-order valence-electron chi connectivity index (χ1n) is 28.7. The standard InChI is InChI=1S/C59H111NO5/c1-3-5-7-9-11-13-15-17-18-25-29-33-37-41-45-49-53-59(64)65-54-50-46-42-38-34-30-26-23-21-19-20-22-24-28-32-36-40-44-48-52-58(63)60-56(55-61)57(62)51-47-43-39-35-31-27-16-14-12-10-8-6-4-2/h13,15,18-20,25,56-57,61-62H,3-12,14,16-17,21-24,26-55H2,1-2H3,(H,60,63)/b15-13-,20-19-,25-18-. The van der Waals surface area contributed by atoms with Crippen LogP contribution in [0.15, 0.2) is 36.5 Å². The van der Waals surface area contributed by atoms with Crippen LogP contribution in [-0.4, -0.2) is 47.4 Å². The number of amides is 1. The maximum absolute atomic E-state index is 12.5. The lowest BCUT2D eigenvalue weighted by Gasteiger charge is -2.22. The Balaban J connectivity index is 3.44. The SMILES string of the molecule is CCCCCC/C=C\C/C=C\CCCCCCCC(=O)OCCCCCCCCCC/C=C\CCCCCCCCCC(=O)NC(CO)C(O)CCCCCCCCCCCCCCC. The molecule has 0 saturated heterocycles. The van der Waals surface area contributed by atoms with Gasteiger partial charge >= 0.3 is 5.97 Å². The van der Waals surface area contributed by atoms with Crippen LogP contribution in [0.1, 0.15) is 303 Å². The normalized spacial score (nSPS) is 12.9. The number of rotatable bonds is 53. The van der Waals surface area contributed by atoms with E-state index in [-0.39, 0.29) is 18.5 Å². The van der Waals surface area contributed by atoms with Crippen molar-refractivity contribution in [2.45, 2.75) is 315 Å². The van der Waals surface area contributed by atoms with Crippen LogP contribution < -0.4 is 5.32 Å². The summed E-state index contributed by atoms with van der Waals surface area (Å²) >= 11 is 0. The predicted octanol–water partition coefficient (Wildman–Crippen LogP) is 17.6. The van der Waals surface area contributed by atoms with Crippen LogP contribution in [0.2, 0.25) is 0 Å². The minimum atomic E-state index is -0.670. The summed E-state index contributed by atoms with van der Waals surface area (Å²) in [6.07, 6.45) is 67.0. The predicted molar refractivity (Wildman–Crippen MR) is 283 cm³/mol. The van der Waals surface area contributed by atoms with Gasteiger partial charge in [-0.1, -0.05) is 243 Å². The number of carbonyl (C=O) groups excluding carboxylic acids is 2. The first-order chi connectivity index (χ1) is 32.0. The Morgan fingerprint density at radius 1 is 0.431 bits per heavy atom. The number of aliphatic hydroxyl groups excluding tert-OH is 2. The minimum absolute atomic E-state index is 0.00971. The van der Waals surface area contributed by atoms with E-state index in [1.807, 2.05) is 0 Å². The van der Waals surface area contributed by atoms with Gasteiger partial charge in [0.25, 0.3) is 0 Å². The molecule has 0 aromatic carbocycles. The van der Waals surface area contributed by atoms with Gasteiger partial charge in [0, 0.05) is 12.8 Å². The van der Waals surface area contributed by atoms with Crippen LogP contribution in [0.4, 0.5) is 0 Å². The van der Waals surface area contributed by atoms with E-state index >= 15 is 0 Å². The average Bonchev–Trinajstić information content (AvgIpc) is 3.31. The molecule has 0 fully saturated rings. The van der Waals surface area contributed by atoms with Gasteiger partial charge in [0.1, 0.15) is 0 Å². The highest BCUT2D eigenvalue weighted by atomic mass is 16.5. The summed E-state index contributed by atoms with van der Waals surface area (Å²) in [5.41, 5.74) is 0. The van der Waals surface area contributed by atoms with Crippen LogP contribution in [0.25, 0.3) is 0 Å². The van der Waals surface area contributed by atoms with Crippen molar-refractivity contribution >= 4 is 11.9 Å². The number of unbranched alkanes of at least 4 members (excludes halogenated alkanes) is 36. The quantitative estimate of drug-likeness (QED) is 0.0321. The van der Waals surface area contributed by atoms with Crippen molar-refractivity contribution < 1.29 is 24.5 Å². The van der Waals surface area contributed by atoms with E-state index < -0.39 is 12.1 Å². The minimum Gasteiger partial charge on any atom is -0.466 e. The second-order valence-electron chi connectivity index (χ2n) is 19.6. The van der Waals surface area contributed by atoms with Crippen LogP contribution in [0.5, 0.6) is 0 Å². The van der Waals surface area contributed by atoms with Crippen LogP contribution >= 0.6 is 0 Å². The third-order valence-corrected chi connectivity index (χ3v) is 13.2. The van der Waals surface area contributed by atoms with Gasteiger partial charge in [-0.2, -0.15) is 0 Å². The zero-order valence-electron chi connectivity index (χ0n) is 43.5. The number of carbonyl (C=O) groups is 2. The average molecular weight is 915 g/mol. The number of ether oxygens (including phenoxy) is 1. The van der Waals surface area contributed by atoms with Gasteiger partial charge in [0.15, 0.2) is 0 Å². The molecule has 0 aromatic heterocycles. The van der Waals surface area contributed by atoms with E-state index in [0.717, 1.165) is 57.8 Å². The second-order valence-corrected chi connectivity index (χ2v) is 19.6. The number of allylic oxidation sites excluding steroid dienone is 6. The van der Waals surface area contributed by atoms with Gasteiger partial charge < -0.3 is 20.3 Å². The van der Waals surface area contributed by atoms with Crippen LogP contribution in [0, 0.1) is 0 Å². The Kier molecular flexibility index (Phi) is 53.1. The molecule has 0 aliphatic rings. The fourth-order valence-corrected chi connectivity index (χ4v) is 8.72. The summed E-state index contributed by atoms with van der Waals surface area (Å²) in [6, 6.07) is -0.548. The van der Waals surface area contributed by atoms with E-state index in [1.54, 1.807) is 0 Å². The Morgan fingerprint density at radius 2 is 0.769 bits per heavy atom. The topological polar surface area (TPSA) is 95.9 Å². The Labute approximate surface area is 404 Å². The zero-order chi connectivity index (χ0) is 47.2. The second kappa shape index (κ2) is 54.7. The molecule has 0 aromatic rings. The van der Waals surface area contributed by atoms with Gasteiger partial charge in [-0.3, -0.25) is 9.59 Å². The summed E-state index contributed by atoms with van der Waals surface area (Å²) in [7, 11) is 0.